The molecule has 1 aromatic carbocycles. The fourth-order valence-electron chi connectivity index (χ4n) is 1.67. The van der Waals surface area contributed by atoms with Crippen molar-refractivity contribution in [2.24, 2.45) is 0 Å². The van der Waals surface area contributed by atoms with Crippen LogP contribution in [0.2, 0.25) is 0 Å². The van der Waals surface area contributed by atoms with Crippen molar-refractivity contribution in [3.8, 4) is 23.6 Å². The average molecular weight is 285 g/mol. The van der Waals surface area contributed by atoms with Crippen molar-refractivity contribution in [1.82, 2.24) is 14.8 Å². The zero-order valence-corrected chi connectivity index (χ0v) is 11.6. The zero-order valence-electron chi connectivity index (χ0n) is 10.8. The SMILES string of the molecule is COc1ccc(-n2c(CC#N)nnc2SCC#N)cc1. The first-order valence-electron chi connectivity index (χ1n) is 5.75. The number of rotatable bonds is 5. The van der Waals surface area contributed by atoms with Gasteiger partial charge in [-0.05, 0) is 24.3 Å². The highest BCUT2D eigenvalue weighted by Crippen LogP contribution is 2.23. The standard InChI is InChI=1S/C13H11N5OS/c1-19-11-4-2-10(3-5-11)18-12(6-7-14)16-17-13(18)20-9-8-15/h2-5H,6,9H2,1H3. The molecule has 0 saturated carbocycles. The van der Waals surface area contributed by atoms with Crippen LogP contribution in [0.25, 0.3) is 5.69 Å². The van der Waals surface area contributed by atoms with Crippen LogP contribution in [0.5, 0.6) is 5.75 Å². The lowest BCUT2D eigenvalue weighted by molar-refractivity contribution is 0.414. The molecule has 0 N–H and O–H groups in total. The maximum atomic E-state index is 8.85. The summed E-state index contributed by atoms with van der Waals surface area (Å²) in [6, 6.07) is 11.5. The molecule has 0 aliphatic carbocycles. The van der Waals surface area contributed by atoms with Crippen molar-refractivity contribution >= 4 is 11.8 Å². The third kappa shape index (κ3) is 2.90. The third-order valence-electron chi connectivity index (χ3n) is 2.53. The second-order valence-corrected chi connectivity index (χ2v) is 4.66. The van der Waals surface area contributed by atoms with Crippen LogP contribution >= 0.6 is 11.8 Å². The molecule has 20 heavy (non-hydrogen) atoms. The summed E-state index contributed by atoms with van der Waals surface area (Å²) >= 11 is 1.29. The van der Waals surface area contributed by atoms with Crippen LogP contribution in [-0.4, -0.2) is 27.6 Å². The summed E-state index contributed by atoms with van der Waals surface area (Å²) < 4.78 is 6.90. The first-order valence-corrected chi connectivity index (χ1v) is 6.74. The molecular formula is C13H11N5OS. The van der Waals surface area contributed by atoms with E-state index in [0.29, 0.717) is 11.0 Å². The van der Waals surface area contributed by atoms with E-state index in [0.717, 1.165) is 11.4 Å². The summed E-state index contributed by atoms with van der Waals surface area (Å²) in [5.41, 5.74) is 0.835. The van der Waals surface area contributed by atoms with Crippen molar-refractivity contribution in [2.45, 2.75) is 11.6 Å². The molecule has 0 radical (unpaired) electrons. The van der Waals surface area contributed by atoms with Gasteiger partial charge in [-0.3, -0.25) is 4.57 Å². The fraction of sp³-hybridized carbons (Fsp3) is 0.231. The molecule has 1 heterocycles. The van der Waals surface area contributed by atoms with Crippen molar-refractivity contribution < 1.29 is 4.74 Å². The molecule has 6 nitrogen and oxygen atoms in total. The quantitative estimate of drug-likeness (QED) is 0.780. The maximum absolute atomic E-state index is 8.85. The Labute approximate surface area is 120 Å². The van der Waals surface area contributed by atoms with Crippen LogP contribution < -0.4 is 4.74 Å². The minimum atomic E-state index is 0.159. The molecule has 7 heteroatoms. The summed E-state index contributed by atoms with van der Waals surface area (Å²) in [4.78, 5) is 0. The Morgan fingerprint density at radius 1 is 1.20 bits per heavy atom. The van der Waals surface area contributed by atoms with Gasteiger partial charge in [-0.25, -0.2) is 0 Å². The highest BCUT2D eigenvalue weighted by Gasteiger charge is 2.14. The Balaban J connectivity index is 2.42. The Kier molecular flexibility index (Phi) is 4.59. The lowest BCUT2D eigenvalue weighted by Gasteiger charge is -2.08. The van der Waals surface area contributed by atoms with Gasteiger partial charge in [-0.2, -0.15) is 10.5 Å². The molecule has 0 saturated heterocycles. The van der Waals surface area contributed by atoms with Gasteiger partial charge in [-0.1, -0.05) is 11.8 Å². The van der Waals surface area contributed by atoms with Crippen LogP contribution in [-0.2, 0) is 6.42 Å². The molecule has 0 bridgehead atoms. The zero-order chi connectivity index (χ0) is 14.4. The van der Waals surface area contributed by atoms with Gasteiger partial charge in [-0.15, -0.1) is 10.2 Å². The number of ether oxygens (including phenoxy) is 1. The second kappa shape index (κ2) is 6.60. The van der Waals surface area contributed by atoms with E-state index < -0.39 is 0 Å². The number of benzene rings is 1. The van der Waals surface area contributed by atoms with Gasteiger partial charge in [0.1, 0.15) is 5.75 Å². The number of nitriles is 2. The minimum absolute atomic E-state index is 0.159. The van der Waals surface area contributed by atoms with Gasteiger partial charge in [0.15, 0.2) is 11.0 Å². The summed E-state index contributed by atoms with van der Waals surface area (Å²) in [5, 5.41) is 26.2. The maximum Gasteiger partial charge on any atom is 0.196 e. The molecule has 0 aliphatic rings. The third-order valence-corrected chi connectivity index (χ3v) is 3.33. The van der Waals surface area contributed by atoms with E-state index in [9.17, 15) is 0 Å². The normalized spacial score (nSPS) is 9.75. The number of methoxy groups -OCH3 is 1. The lowest BCUT2D eigenvalue weighted by atomic mass is 10.3. The van der Waals surface area contributed by atoms with Crippen LogP contribution in [0.3, 0.4) is 0 Å². The number of nitrogens with zero attached hydrogens (tertiary/aromatic N) is 5. The van der Waals surface area contributed by atoms with Gasteiger partial charge in [0.25, 0.3) is 0 Å². The number of thioether (sulfide) groups is 1. The van der Waals surface area contributed by atoms with Crippen molar-refractivity contribution in [2.75, 3.05) is 12.9 Å². The molecule has 100 valence electrons. The van der Waals surface area contributed by atoms with Crippen molar-refractivity contribution in [3.05, 3.63) is 30.1 Å². The van der Waals surface area contributed by atoms with E-state index >= 15 is 0 Å². The van der Waals surface area contributed by atoms with E-state index in [4.69, 9.17) is 15.3 Å². The lowest BCUT2D eigenvalue weighted by Crippen LogP contribution is -2.02. The first kappa shape index (κ1) is 13.9. The largest absolute Gasteiger partial charge is 0.497 e. The predicted octanol–water partition coefficient (Wildman–Crippen LogP) is 1.96. The Bertz CT molecular complexity index is 666. The van der Waals surface area contributed by atoms with Crippen LogP contribution in [0.4, 0.5) is 0 Å². The second-order valence-electron chi connectivity index (χ2n) is 3.71. The summed E-state index contributed by atoms with van der Waals surface area (Å²) in [6.07, 6.45) is 0.159. The monoisotopic (exact) mass is 285 g/mol. The Morgan fingerprint density at radius 3 is 2.55 bits per heavy atom. The highest BCUT2D eigenvalue weighted by atomic mass is 32.2. The molecule has 0 atom stereocenters. The molecule has 0 aliphatic heterocycles. The smallest absolute Gasteiger partial charge is 0.196 e. The van der Waals surface area contributed by atoms with E-state index in [-0.39, 0.29) is 12.2 Å². The van der Waals surface area contributed by atoms with Crippen LogP contribution in [0.15, 0.2) is 29.4 Å². The highest BCUT2D eigenvalue weighted by molar-refractivity contribution is 7.99. The topological polar surface area (TPSA) is 87.5 Å². The molecule has 0 unspecified atom stereocenters. The molecule has 1 aromatic heterocycles. The van der Waals surface area contributed by atoms with E-state index in [2.05, 4.69) is 22.3 Å². The number of aromatic nitrogens is 3. The van der Waals surface area contributed by atoms with Gasteiger partial charge in [0.05, 0.1) is 31.4 Å². The Morgan fingerprint density at radius 2 is 1.95 bits per heavy atom. The van der Waals surface area contributed by atoms with Gasteiger partial charge in [0, 0.05) is 5.69 Å². The van der Waals surface area contributed by atoms with Crippen LogP contribution in [0, 0.1) is 22.7 Å². The number of hydrogen-bond donors (Lipinski definition) is 0. The summed E-state index contributed by atoms with van der Waals surface area (Å²) in [6.45, 7) is 0. The van der Waals surface area contributed by atoms with Crippen molar-refractivity contribution in [3.63, 3.8) is 0 Å². The van der Waals surface area contributed by atoms with Gasteiger partial charge >= 0.3 is 0 Å². The summed E-state index contributed by atoms with van der Waals surface area (Å²) in [5.74, 6) is 1.58. The van der Waals surface area contributed by atoms with Gasteiger partial charge < -0.3 is 4.74 Å². The molecular weight excluding hydrogens is 274 g/mol. The predicted molar refractivity (Wildman–Crippen MR) is 73.6 cm³/mol. The average Bonchev–Trinajstić information content (AvgIpc) is 2.88. The molecule has 2 rings (SSSR count). The van der Waals surface area contributed by atoms with E-state index in [1.807, 2.05) is 24.3 Å². The Hall–Kier alpha value is -2.51. The minimum Gasteiger partial charge on any atom is -0.497 e. The molecule has 0 spiro atoms. The molecule has 0 amide bonds. The van der Waals surface area contributed by atoms with Crippen LogP contribution in [0.1, 0.15) is 5.82 Å². The fourth-order valence-corrected chi connectivity index (χ4v) is 2.30. The summed E-state index contributed by atoms with van der Waals surface area (Å²) in [7, 11) is 1.60. The van der Waals surface area contributed by atoms with E-state index in [1.54, 1.807) is 11.7 Å². The van der Waals surface area contributed by atoms with Crippen molar-refractivity contribution in [1.29, 1.82) is 10.5 Å². The first-order chi connectivity index (χ1) is 9.80. The van der Waals surface area contributed by atoms with E-state index in [1.165, 1.54) is 11.8 Å². The van der Waals surface area contributed by atoms with Gasteiger partial charge in [0.2, 0.25) is 0 Å². The molecule has 0 fully saturated rings. The number of hydrogen-bond acceptors (Lipinski definition) is 6. The molecule has 2 aromatic rings.